The van der Waals surface area contributed by atoms with Gasteiger partial charge in [-0.3, -0.25) is 4.79 Å². The number of carbonyl (C=O) groups is 1. The molecule has 5 heteroatoms. The molecule has 2 heterocycles. The maximum absolute atomic E-state index is 11.8. The van der Waals surface area contributed by atoms with Gasteiger partial charge in [-0.2, -0.15) is 0 Å². The summed E-state index contributed by atoms with van der Waals surface area (Å²) >= 11 is 1.74. The SMILES string of the molecule is O=C(C[C@H]1CCCO1)NCCc1nc(C2CCCCC2)cs1. The van der Waals surface area contributed by atoms with Crippen LogP contribution < -0.4 is 5.32 Å². The van der Waals surface area contributed by atoms with Crippen molar-refractivity contribution in [2.24, 2.45) is 0 Å². The van der Waals surface area contributed by atoms with Gasteiger partial charge in [0, 0.05) is 30.9 Å². The number of rotatable bonds is 6. The predicted octanol–water partition coefficient (Wildman–Crippen LogP) is 3.42. The van der Waals surface area contributed by atoms with E-state index in [1.165, 1.54) is 37.8 Å². The summed E-state index contributed by atoms with van der Waals surface area (Å²) in [6.07, 6.45) is 10.2. The van der Waals surface area contributed by atoms with E-state index in [2.05, 4.69) is 10.7 Å². The Hall–Kier alpha value is -0.940. The highest BCUT2D eigenvalue weighted by molar-refractivity contribution is 7.09. The molecule has 122 valence electrons. The summed E-state index contributed by atoms with van der Waals surface area (Å²) in [7, 11) is 0. The molecule has 0 aromatic carbocycles. The molecular formula is C17H26N2O2S. The van der Waals surface area contributed by atoms with Crippen molar-refractivity contribution in [1.82, 2.24) is 10.3 Å². The minimum atomic E-state index is 0.107. The number of aromatic nitrogens is 1. The summed E-state index contributed by atoms with van der Waals surface area (Å²) in [5, 5.41) is 6.37. The van der Waals surface area contributed by atoms with Crippen molar-refractivity contribution in [3.63, 3.8) is 0 Å². The summed E-state index contributed by atoms with van der Waals surface area (Å²) in [6, 6.07) is 0. The maximum Gasteiger partial charge on any atom is 0.222 e. The first-order valence-electron chi connectivity index (χ1n) is 8.64. The quantitative estimate of drug-likeness (QED) is 0.873. The monoisotopic (exact) mass is 322 g/mol. The highest BCUT2D eigenvalue weighted by atomic mass is 32.1. The molecule has 2 aliphatic rings. The van der Waals surface area contributed by atoms with Crippen LogP contribution in [0.2, 0.25) is 0 Å². The Balaban J connectivity index is 1.38. The fourth-order valence-electron chi connectivity index (χ4n) is 3.42. The predicted molar refractivity (Wildman–Crippen MR) is 88.2 cm³/mol. The second-order valence-electron chi connectivity index (χ2n) is 6.44. The topological polar surface area (TPSA) is 51.2 Å². The molecule has 1 aliphatic carbocycles. The van der Waals surface area contributed by atoms with Gasteiger partial charge in [-0.25, -0.2) is 4.98 Å². The summed E-state index contributed by atoms with van der Waals surface area (Å²) in [4.78, 5) is 16.6. The van der Waals surface area contributed by atoms with Crippen molar-refractivity contribution in [2.45, 2.75) is 69.8 Å². The molecule has 22 heavy (non-hydrogen) atoms. The first kappa shape index (κ1) is 15.9. The zero-order valence-corrected chi connectivity index (χ0v) is 14.0. The fourth-order valence-corrected chi connectivity index (χ4v) is 4.30. The van der Waals surface area contributed by atoms with Gasteiger partial charge in [-0.05, 0) is 25.7 Å². The number of amides is 1. The van der Waals surface area contributed by atoms with Crippen molar-refractivity contribution < 1.29 is 9.53 Å². The van der Waals surface area contributed by atoms with Crippen LogP contribution in [0.1, 0.15) is 68.0 Å². The Labute approximate surface area is 136 Å². The Kier molecular flexibility index (Phi) is 5.84. The number of carbonyl (C=O) groups excluding carboxylic acids is 1. The zero-order chi connectivity index (χ0) is 15.2. The van der Waals surface area contributed by atoms with Gasteiger partial charge in [0.2, 0.25) is 5.91 Å². The van der Waals surface area contributed by atoms with Crippen molar-refractivity contribution in [3.8, 4) is 0 Å². The molecule has 1 atom stereocenters. The van der Waals surface area contributed by atoms with E-state index < -0.39 is 0 Å². The van der Waals surface area contributed by atoms with Gasteiger partial charge in [0.25, 0.3) is 0 Å². The van der Waals surface area contributed by atoms with Gasteiger partial charge >= 0.3 is 0 Å². The standard InChI is InChI=1S/C17H26N2O2S/c20-16(11-14-7-4-10-21-14)18-9-8-17-19-15(12-22-17)13-5-2-1-3-6-13/h12-14H,1-11H2,(H,18,20)/t14-/m1/s1. The van der Waals surface area contributed by atoms with E-state index in [0.29, 0.717) is 18.9 Å². The van der Waals surface area contributed by atoms with Crippen molar-refractivity contribution in [3.05, 3.63) is 16.1 Å². The van der Waals surface area contributed by atoms with Crippen LogP contribution in [-0.2, 0) is 16.0 Å². The fraction of sp³-hybridized carbons (Fsp3) is 0.765. The molecule has 0 unspecified atom stereocenters. The van der Waals surface area contributed by atoms with Crippen LogP contribution in [0.4, 0.5) is 0 Å². The first-order valence-corrected chi connectivity index (χ1v) is 9.52. The van der Waals surface area contributed by atoms with Crippen LogP contribution in [0.15, 0.2) is 5.38 Å². The molecule has 1 aromatic rings. The molecule has 1 amide bonds. The molecule has 4 nitrogen and oxygen atoms in total. The lowest BCUT2D eigenvalue weighted by molar-refractivity contribution is -0.123. The lowest BCUT2D eigenvalue weighted by Gasteiger charge is -2.19. The molecule has 1 aromatic heterocycles. The average Bonchev–Trinajstić information content (AvgIpc) is 3.20. The largest absolute Gasteiger partial charge is 0.378 e. The van der Waals surface area contributed by atoms with Crippen molar-refractivity contribution >= 4 is 17.2 Å². The highest BCUT2D eigenvalue weighted by Gasteiger charge is 2.19. The summed E-state index contributed by atoms with van der Waals surface area (Å²) in [5.41, 5.74) is 1.28. The number of nitrogens with zero attached hydrogens (tertiary/aromatic N) is 1. The Morgan fingerprint density at radius 1 is 1.27 bits per heavy atom. The maximum atomic E-state index is 11.8. The summed E-state index contributed by atoms with van der Waals surface area (Å²) in [6.45, 7) is 1.49. The van der Waals surface area contributed by atoms with Gasteiger partial charge in [-0.1, -0.05) is 19.3 Å². The number of ether oxygens (including phenoxy) is 1. The van der Waals surface area contributed by atoms with Gasteiger partial charge in [0.15, 0.2) is 0 Å². The van der Waals surface area contributed by atoms with Crippen LogP contribution in [-0.4, -0.2) is 30.1 Å². The van der Waals surface area contributed by atoms with Crippen molar-refractivity contribution in [2.75, 3.05) is 13.2 Å². The third kappa shape index (κ3) is 4.53. The van der Waals surface area contributed by atoms with E-state index in [0.717, 1.165) is 30.9 Å². The number of thiazole rings is 1. The van der Waals surface area contributed by atoms with E-state index in [4.69, 9.17) is 9.72 Å². The third-order valence-electron chi connectivity index (χ3n) is 4.69. The number of hydrogen-bond acceptors (Lipinski definition) is 4. The molecular weight excluding hydrogens is 296 g/mol. The van der Waals surface area contributed by atoms with Crippen LogP contribution in [0.25, 0.3) is 0 Å². The van der Waals surface area contributed by atoms with Gasteiger partial charge in [-0.15, -0.1) is 11.3 Å². The number of nitrogens with one attached hydrogen (secondary N) is 1. The second kappa shape index (κ2) is 8.06. The smallest absolute Gasteiger partial charge is 0.222 e. The Bertz CT molecular complexity index is 477. The normalized spacial score (nSPS) is 22.8. The third-order valence-corrected chi connectivity index (χ3v) is 5.62. The lowest BCUT2D eigenvalue weighted by Crippen LogP contribution is -2.28. The summed E-state index contributed by atoms with van der Waals surface area (Å²) in [5.74, 6) is 0.781. The first-order chi connectivity index (χ1) is 10.8. The number of hydrogen-bond donors (Lipinski definition) is 1. The van der Waals surface area contributed by atoms with Gasteiger partial charge in [0.1, 0.15) is 0 Å². The van der Waals surface area contributed by atoms with E-state index in [-0.39, 0.29) is 12.0 Å². The van der Waals surface area contributed by atoms with E-state index in [1.54, 1.807) is 11.3 Å². The minimum absolute atomic E-state index is 0.107. The molecule has 3 rings (SSSR count). The van der Waals surface area contributed by atoms with Crippen molar-refractivity contribution in [1.29, 1.82) is 0 Å². The molecule has 1 saturated carbocycles. The van der Waals surface area contributed by atoms with Crippen LogP contribution >= 0.6 is 11.3 Å². The van der Waals surface area contributed by atoms with Crippen LogP contribution in [0, 0.1) is 0 Å². The average molecular weight is 322 g/mol. The van der Waals surface area contributed by atoms with Crippen LogP contribution in [0.3, 0.4) is 0 Å². The van der Waals surface area contributed by atoms with E-state index >= 15 is 0 Å². The zero-order valence-electron chi connectivity index (χ0n) is 13.2. The highest BCUT2D eigenvalue weighted by Crippen LogP contribution is 2.33. The summed E-state index contributed by atoms with van der Waals surface area (Å²) < 4.78 is 5.49. The molecule has 0 spiro atoms. The van der Waals surface area contributed by atoms with Crippen LogP contribution in [0.5, 0.6) is 0 Å². The van der Waals surface area contributed by atoms with E-state index in [9.17, 15) is 4.79 Å². The molecule has 0 radical (unpaired) electrons. The molecule has 0 bridgehead atoms. The van der Waals surface area contributed by atoms with Gasteiger partial charge < -0.3 is 10.1 Å². The van der Waals surface area contributed by atoms with Gasteiger partial charge in [0.05, 0.1) is 23.2 Å². The lowest BCUT2D eigenvalue weighted by atomic mass is 9.87. The molecule has 1 aliphatic heterocycles. The molecule has 1 N–H and O–H groups in total. The molecule has 1 saturated heterocycles. The Morgan fingerprint density at radius 3 is 2.91 bits per heavy atom. The molecule has 2 fully saturated rings. The van der Waals surface area contributed by atoms with E-state index in [1.807, 2.05) is 0 Å². The Morgan fingerprint density at radius 2 is 2.14 bits per heavy atom. The minimum Gasteiger partial charge on any atom is -0.378 e. The second-order valence-corrected chi connectivity index (χ2v) is 7.38.